The lowest BCUT2D eigenvalue weighted by Gasteiger charge is -2.16. The van der Waals surface area contributed by atoms with Gasteiger partial charge in [-0.25, -0.2) is 9.59 Å². The summed E-state index contributed by atoms with van der Waals surface area (Å²) in [5, 5.41) is 0. The number of benzene rings is 3. The van der Waals surface area contributed by atoms with Crippen molar-refractivity contribution in [1.29, 1.82) is 0 Å². The van der Waals surface area contributed by atoms with Gasteiger partial charge in [-0.05, 0) is 98.5 Å². The van der Waals surface area contributed by atoms with E-state index in [1.165, 1.54) is 32.1 Å². The number of unbranched alkanes of at least 4 members (excludes halogenated alkanes) is 8. The largest absolute Gasteiger partial charge is 0.459 e. The van der Waals surface area contributed by atoms with Crippen molar-refractivity contribution >= 4 is 17.9 Å². The van der Waals surface area contributed by atoms with Crippen molar-refractivity contribution in [3.63, 3.8) is 0 Å². The van der Waals surface area contributed by atoms with E-state index in [0.717, 1.165) is 56.1 Å². The van der Waals surface area contributed by atoms with Crippen LogP contribution in [-0.2, 0) is 9.53 Å². The van der Waals surface area contributed by atoms with Gasteiger partial charge < -0.3 is 14.2 Å². The predicted molar refractivity (Wildman–Crippen MR) is 182 cm³/mol. The van der Waals surface area contributed by atoms with Crippen LogP contribution in [0, 0.1) is 11.8 Å². The number of hydrogen-bond donors (Lipinski definition) is 0. The molecule has 0 bridgehead atoms. The first-order chi connectivity index (χ1) is 22.4. The quantitative estimate of drug-likeness (QED) is 0.0607. The van der Waals surface area contributed by atoms with Gasteiger partial charge in [0, 0.05) is 17.5 Å². The first-order valence-corrected chi connectivity index (χ1v) is 16.9. The normalized spacial score (nSPS) is 11.2. The molecule has 0 radical (unpaired) electrons. The molecule has 244 valence electrons. The molecule has 0 fully saturated rings. The summed E-state index contributed by atoms with van der Waals surface area (Å²) >= 11 is 0. The van der Waals surface area contributed by atoms with E-state index >= 15 is 0 Å². The van der Waals surface area contributed by atoms with Gasteiger partial charge in [0.2, 0.25) is 0 Å². The zero-order valence-corrected chi connectivity index (χ0v) is 27.6. The summed E-state index contributed by atoms with van der Waals surface area (Å²) in [4.78, 5) is 37.4. The maximum Gasteiger partial charge on any atom is 0.343 e. The van der Waals surface area contributed by atoms with Gasteiger partial charge in [-0.1, -0.05) is 84.0 Å². The Morgan fingerprint density at radius 1 is 0.565 bits per heavy atom. The third kappa shape index (κ3) is 13.3. The highest BCUT2D eigenvalue weighted by Crippen LogP contribution is 2.19. The molecule has 6 nitrogen and oxygen atoms in total. The smallest absolute Gasteiger partial charge is 0.343 e. The summed E-state index contributed by atoms with van der Waals surface area (Å²) in [6, 6.07) is 20.4. The second kappa shape index (κ2) is 20.6. The van der Waals surface area contributed by atoms with Crippen LogP contribution in [0.5, 0.6) is 11.5 Å². The Morgan fingerprint density at radius 2 is 1.04 bits per heavy atom. The van der Waals surface area contributed by atoms with E-state index in [0.29, 0.717) is 29.0 Å². The molecule has 0 aromatic heterocycles. The van der Waals surface area contributed by atoms with Crippen molar-refractivity contribution in [2.75, 3.05) is 0 Å². The summed E-state index contributed by atoms with van der Waals surface area (Å²) in [7, 11) is 0. The molecule has 0 aliphatic carbocycles. The first kappa shape index (κ1) is 36.1. The molecule has 0 aliphatic heterocycles. The van der Waals surface area contributed by atoms with Crippen molar-refractivity contribution in [3.8, 4) is 23.3 Å². The Balaban J connectivity index is 1.45. The molecule has 0 spiro atoms. The summed E-state index contributed by atoms with van der Waals surface area (Å²) in [5.41, 5.74) is 2.33. The van der Waals surface area contributed by atoms with E-state index in [9.17, 15) is 14.4 Å². The molecule has 0 saturated heterocycles. The van der Waals surface area contributed by atoms with Gasteiger partial charge in [-0.2, -0.15) is 0 Å². The molecule has 0 heterocycles. The average molecular weight is 625 g/mol. The molecule has 0 amide bonds. The van der Waals surface area contributed by atoms with E-state index in [4.69, 9.17) is 14.2 Å². The van der Waals surface area contributed by atoms with Crippen LogP contribution in [0.4, 0.5) is 0 Å². The van der Waals surface area contributed by atoms with Crippen LogP contribution < -0.4 is 9.47 Å². The Kier molecular flexibility index (Phi) is 16.2. The monoisotopic (exact) mass is 624 g/mol. The number of hydrogen-bond acceptors (Lipinski definition) is 6. The number of ether oxygens (including phenoxy) is 3. The fourth-order valence-electron chi connectivity index (χ4n) is 4.86. The van der Waals surface area contributed by atoms with Crippen LogP contribution in [-0.4, -0.2) is 24.0 Å². The first-order valence-electron chi connectivity index (χ1n) is 16.9. The van der Waals surface area contributed by atoms with Crippen LogP contribution in [0.2, 0.25) is 0 Å². The molecule has 0 unspecified atom stereocenters. The van der Waals surface area contributed by atoms with E-state index < -0.39 is 5.97 Å². The van der Waals surface area contributed by atoms with Crippen molar-refractivity contribution in [3.05, 3.63) is 95.1 Å². The van der Waals surface area contributed by atoms with Gasteiger partial charge in [0.25, 0.3) is 0 Å². The summed E-state index contributed by atoms with van der Waals surface area (Å²) in [6.07, 6.45) is 13.3. The fourth-order valence-corrected chi connectivity index (χ4v) is 4.86. The number of carbonyl (C=O) groups is 3. The van der Waals surface area contributed by atoms with Gasteiger partial charge in [-0.3, -0.25) is 4.79 Å². The Bertz CT molecular complexity index is 1410. The third-order valence-electron chi connectivity index (χ3n) is 7.70. The average Bonchev–Trinajstić information content (AvgIpc) is 3.07. The Hall–Kier alpha value is -4.37. The van der Waals surface area contributed by atoms with Crippen LogP contribution in [0.3, 0.4) is 0 Å². The maximum atomic E-state index is 12.7. The fraction of sp³-hybridized carbons (Fsp3) is 0.425. The van der Waals surface area contributed by atoms with Crippen molar-refractivity contribution in [2.45, 2.75) is 110 Å². The minimum atomic E-state index is -0.505. The lowest BCUT2D eigenvalue weighted by Crippen LogP contribution is -2.17. The van der Waals surface area contributed by atoms with Crippen LogP contribution >= 0.6 is 0 Å². The van der Waals surface area contributed by atoms with Crippen molar-refractivity contribution in [2.24, 2.45) is 0 Å². The molecular formula is C40H48O6. The van der Waals surface area contributed by atoms with E-state index in [2.05, 4.69) is 25.7 Å². The van der Waals surface area contributed by atoms with E-state index in [1.54, 1.807) is 60.7 Å². The molecule has 0 N–H and O–H groups in total. The minimum absolute atomic E-state index is 0.0917. The Labute approximate surface area is 274 Å². The number of rotatable bonds is 18. The standard InChI is InChI=1S/C40H48O6/c1-4-7-9-11-12-14-16-38(41)44-36-27-21-32(22-28-36)18-17-31-19-23-33(24-20-31)40(43)46-37-29-25-34(26-30-37)39(42)45-35(6-3)15-13-10-8-5-2/h19-30,35H,4-16H2,1-3H3/t35-/m0/s1. The molecule has 3 aromatic rings. The lowest BCUT2D eigenvalue weighted by molar-refractivity contribution is -0.134. The number of esters is 3. The van der Waals surface area contributed by atoms with E-state index in [-0.39, 0.29) is 18.0 Å². The van der Waals surface area contributed by atoms with E-state index in [1.807, 2.05) is 19.1 Å². The SMILES string of the molecule is CCCCCCCCC(=O)Oc1ccc(C#Cc2ccc(C(=O)Oc3ccc(C(=O)O[C@@H](CC)CCCCCC)cc3)cc2)cc1. The molecule has 6 heteroatoms. The Morgan fingerprint density at radius 3 is 1.65 bits per heavy atom. The molecular weight excluding hydrogens is 576 g/mol. The highest BCUT2D eigenvalue weighted by molar-refractivity contribution is 5.92. The lowest BCUT2D eigenvalue weighted by atomic mass is 10.1. The molecule has 0 aliphatic rings. The second-order valence-electron chi connectivity index (χ2n) is 11.5. The third-order valence-corrected chi connectivity index (χ3v) is 7.70. The molecule has 0 saturated carbocycles. The molecule has 3 aromatic carbocycles. The van der Waals surface area contributed by atoms with Crippen molar-refractivity contribution in [1.82, 2.24) is 0 Å². The maximum absolute atomic E-state index is 12.7. The highest BCUT2D eigenvalue weighted by atomic mass is 16.5. The van der Waals surface area contributed by atoms with Crippen LogP contribution in [0.25, 0.3) is 0 Å². The van der Waals surface area contributed by atoms with Crippen LogP contribution in [0.1, 0.15) is 136 Å². The molecule has 3 rings (SSSR count). The summed E-state index contributed by atoms with van der Waals surface area (Å²) in [6.45, 7) is 6.39. The highest BCUT2D eigenvalue weighted by Gasteiger charge is 2.15. The predicted octanol–water partition coefficient (Wildman–Crippen LogP) is 9.87. The topological polar surface area (TPSA) is 78.9 Å². The second-order valence-corrected chi connectivity index (χ2v) is 11.5. The van der Waals surface area contributed by atoms with Gasteiger partial charge in [-0.15, -0.1) is 0 Å². The zero-order chi connectivity index (χ0) is 33.0. The molecule has 46 heavy (non-hydrogen) atoms. The van der Waals surface area contributed by atoms with Gasteiger partial charge in [0.15, 0.2) is 0 Å². The van der Waals surface area contributed by atoms with Crippen LogP contribution in [0.15, 0.2) is 72.8 Å². The summed E-state index contributed by atoms with van der Waals surface area (Å²) < 4.78 is 16.6. The van der Waals surface area contributed by atoms with Crippen molar-refractivity contribution < 1.29 is 28.6 Å². The molecule has 1 atom stereocenters. The summed E-state index contributed by atoms with van der Waals surface area (Å²) in [5.74, 6) is 5.94. The van der Waals surface area contributed by atoms with Gasteiger partial charge >= 0.3 is 17.9 Å². The van der Waals surface area contributed by atoms with Gasteiger partial charge in [0.05, 0.1) is 11.1 Å². The van der Waals surface area contributed by atoms with Gasteiger partial charge in [0.1, 0.15) is 17.6 Å². The number of carbonyl (C=O) groups excluding carboxylic acids is 3. The zero-order valence-electron chi connectivity index (χ0n) is 27.6. The minimum Gasteiger partial charge on any atom is -0.459 e.